The number of benzene rings is 1. The van der Waals surface area contributed by atoms with E-state index in [1.54, 1.807) is 24.5 Å². The number of thioether (sulfide) groups is 1. The number of carbonyl (C=O) groups is 1. The van der Waals surface area contributed by atoms with Crippen LogP contribution in [0.15, 0.2) is 34.2 Å². The SMILES string of the molecule is COc1cccc(NC(=O)C(C)Sc2nc3sc(C)c(C)c3c(=O)n2C2CCCC2)c1. The van der Waals surface area contributed by atoms with Crippen molar-refractivity contribution in [3.05, 3.63) is 45.1 Å². The van der Waals surface area contributed by atoms with E-state index in [0.29, 0.717) is 16.6 Å². The third-order valence-corrected chi connectivity index (χ3v) is 8.05. The van der Waals surface area contributed by atoms with Crippen LogP contribution in [0.1, 0.15) is 49.1 Å². The van der Waals surface area contributed by atoms with E-state index in [0.717, 1.165) is 46.3 Å². The molecule has 1 N–H and O–H groups in total. The van der Waals surface area contributed by atoms with Gasteiger partial charge >= 0.3 is 0 Å². The van der Waals surface area contributed by atoms with Crippen LogP contribution in [0.2, 0.25) is 0 Å². The van der Waals surface area contributed by atoms with E-state index in [4.69, 9.17) is 9.72 Å². The van der Waals surface area contributed by atoms with Crippen LogP contribution in [0.3, 0.4) is 0 Å². The summed E-state index contributed by atoms with van der Waals surface area (Å²) >= 11 is 2.90. The van der Waals surface area contributed by atoms with Crippen molar-refractivity contribution in [2.24, 2.45) is 0 Å². The molecule has 1 atom stereocenters. The number of thiophene rings is 1. The molecule has 1 aromatic carbocycles. The fourth-order valence-electron chi connectivity index (χ4n) is 4.01. The first-order valence-corrected chi connectivity index (χ1v) is 12.2. The van der Waals surface area contributed by atoms with E-state index in [-0.39, 0.29) is 17.5 Å². The molecule has 1 amide bonds. The van der Waals surface area contributed by atoms with Crippen LogP contribution in [0, 0.1) is 13.8 Å². The number of hydrogen-bond donors (Lipinski definition) is 1. The highest BCUT2D eigenvalue weighted by Crippen LogP contribution is 2.35. The second-order valence-electron chi connectivity index (χ2n) is 7.95. The van der Waals surface area contributed by atoms with Crippen molar-refractivity contribution in [2.45, 2.75) is 62.9 Å². The molecule has 8 heteroatoms. The molecule has 164 valence electrons. The van der Waals surface area contributed by atoms with E-state index >= 15 is 0 Å². The molecular weight excluding hydrogens is 430 g/mol. The molecule has 31 heavy (non-hydrogen) atoms. The lowest BCUT2D eigenvalue weighted by Gasteiger charge is -2.20. The number of aromatic nitrogens is 2. The Labute approximate surface area is 190 Å². The summed E-state index contributed by atoms with van der Waals surface area (Å²) in [6.07, 6.45) is 4.19. The predicted molar refractivity (Wildman–Crippen MR) is 128 cm³/mol. The quantitative estimate of drug-likeness (QED) is 0.401. The van der Waals surface area contributed by atoms with Crippen LogP contribution in [0.5, 0.6) is 5.75 Å². The first-order valence-electron chi connectivity index (χ1n) is 10.5. The number of rotatable bonds is 6. The Bertz CT molecular complexity index is 1180. The molecule has 4 rings (SSSR count). The smallest absolute Gasteiger partial charge is 0.263 e. The third kappa shape index (κ3) is 4.36. The number of ether oxygens (including phenoxy) is 1. The van der Waals surface area contributed by atoms with E-state index < -0.39 is 5.25 Å². The molecule has 0 saturated heterocycles. The molecule has 0 radical (unpaired) electrons. The summed E-state index contributed by atoms with van der Waals surface area (Å²) in [6, 6.07) is 7.43. The molecule has 1 saturated carbocycles. The van der Waals surface area contributed by atoms with Crippen molar-refractivity contribution >= 4 is 44.9 Å². The molecule has 6 nitrogen and oxygen atoms in total. The zero-order valence-electron chi connectivity index (χ0n) is 18.2. The third-order valence-electron chi connectivity index (χ3n) is 5.88. The Morgan fingerprint density at radius 1 is 1.32 bits per heavy atom. The van der Waals surface area contributed by atoms with Crippen LogP contribution in [-0.4, -0.2) is 27.8 Å². The molecule has 1 aliphatic rings. The van der Waals surface area contributed by atoms with Crippen LogP contribution in [0.4, 0.5) is 5.69 Å². The lowest BCUT2D eigenvalue weighted by atomic mass is 10.2. The minimum atomic E-state index is -0.412. The highest BCUT2D eigenvalue weighted by Gasteiger charge is 2.27. The fraction of sp³-hybridized carbons (Fsp3) is 0.435. The maximum Gasteiger partial charge on any atom is 0.263 e. The first-order chi connectivity index (χ1) is 14.9. The lowest BCUT2D eigenvalue weighted by molar-refractivity contribution is -0.115. The van der Waals surface area contributed by atoms with Crippen LogP contribution < -0.4 is 15.6 Å². The van der Waals surface area contributed by atoms with Crippen molar-refractivity contribution in [3.8, 4) is 5.75 Å². The van der Waals surface area contributed by atoms with Crippen LogP contribution in [-0.2, 0) is 4.79 Å². The number of nitrogens with one attached hydrogen (secondary N) is 1. The highest BCUT2D eigenvalue weighted by atomic mass is 32.2. The number of amides is 1. The predicted octanol–water partition coefficient (Wildman–Crippen LogP) is 5.32. The number of nitrogens with zero attached hydrogens (tertiary/aromatic N) is 2. The van der Waals surface area contributed by atoms with Gasteiger partial charge in [0.05, 0.1) is 17.7 Å². The van der Waals surface area contributed by atoms with Crippen molar-refractivity contribution in [3.63, 3.8) is 0 Å². The zero-order chi connectivity index (χ0) is 22.1. The number of carbonyl (C=O) groups excluding carboxylic acids is 1. The summed E-state index contributed by atoms with van der Waals surface area (Å²) in [5.41, 5.74) is 1.73. The van der Waals surface area contributed by atoms with Gasteiger partial charge in [0, 0.05) is 22.7 Å². The summed E-state index contributed by atoms with van der Waals surface area (Å²) in [4.78, 5) is 33.1. The molecule has 2 aromatic heterocycles. The Kier molecular flexibility index (Phi) is 6.39. The summed E-state index contributed by atoms with van der Waals surface area (Å²) in [5, 5.41) is 3.89. The van der Waals surface area contributed by atoms with Crippen LogP contribution >= 0.6 is 23.1 Å². The molecule has 0 bridgehead atoms. The maximum absolute atomic E-state index is 13.5. The van der Waals surface area contributed by atoms with Gasteiger partial charge in [0.15, 0.2) is 5.16 Å². The number of fused-ring (bicyclic) bond motifs is 1. The minimum Gasteiger partial charge on any atom is -0.497 e. The second-order valence-corrected chi connectivity index (χ2v) is 10.5. The van der Waals surface area contributed by atoms with Gasteiger partial charge in [-0.15, -0.1) is 11.3 Å². The Balaban J connectivity index is 1.65. The topological polar surface area (TPSA) is 73.2 Å². The van der Waals surface area contributed by atoms with Crippen molar-refractivity contribution in [2.75, 3.05) is 12.4 Å². The standard InChI is InChI=1S/C23H27N3O3S2/c1-13-14(2)30-21-19(13)22(28)26(17-9-5-6-10-17)23(25-21)31-15(3)20(27)24-16-8-7-11-18(12-16)29-4/h7-8,11-12,15,17H,5-6,9-10H2,1-4H3,(H,24,27). The van der Waals surface area contributed by atoms with Gasteiger partial charge in [0.2, 0.25) is 5.91 Å². The number of anilines is 1. The monoisotopic (exact) mass is 457 g/mol. The Hall–Kier alpha value is -2.32. The lowest BCUT2D eigenvalue weighted by Crippen LogP contribution is -2.28. The summed E-state index contributed by atoms with van der Waals surface area (Å²) in [6.45, 7) is 5.87. The van der Waals surface area contributed by atoms with Gasteiger partial charge in [-0.1, -0.05) is 30.7 Å². The van der Waals surface area contributed by atoms with Gasteiger partial charge in [-0.05, 0) is 51.3 Å². The Morgan fingerprint density at radius 3 is 2.77 bits per heavy atom. The fourth-order valence-corrected chi connectivity index (χ4v) is 6.06. The largest absolute Gasteiger partial charge is 0.497 e. The van der Waals surface area contributed by atoms with E-state index in [9.17, 15) is 9.59 Å². The van der Waals surface area contributed by atoms with Crippen molar-refractivity contribution in [1.82, 2.24) is 9.55 Å². The van der Waals surface area contributed by atoms with E-state index in [1.807, 2.05) is 43.5 Å². The van der Waals surface area contributed by atoms with Gasteiger partial charge in [-0.2, -0.15) is 0 Å². The average molecular weight is 458 g/mol. The van der Waals surface area contributed by atoms with Crippen molar-refractivity contribution in [1.29, 1.82) is 0 Å². The molecule has 3 aromatic rings. The number of methoxy groups -OCH3 is 1. The molecule has 1 aliphatic carbocycles. The summed E-state index contributed by atoms with van der Waals surface area (Å²) < 4.78 is 7.08. The molecule has 0 aliphatic heterocycles. The molecular formula is C23H27N3O3S2. The van der Waals surface area contributed by atoms with Crippen molar-refractivity contribution < 1.29 is 9.53 Å². The summed E-state index contributed by atoms with van der Waals surface area (Å²) in [5.74, 6) is 0.549. The van der Waals surface area contributed by atoms with Crippen LogP contribution in [0.25, 0.3) is 10.2 Å². The molecule has 2 heterocycles. The first kappa shape index (κ1) is 21.9. The average Bonchev–Trinajstić information content (AvgIpc) is 3.36. The highest BCUT2D eigenvalue weighted by molar-refractivity contribution is 8.00. The van der Waals surface area contributed by atoms with Gasteiger partial charge < -0.3 is 10.1 Å². The van der Waals surface area contributed by atoms with Gasteiger partial charge in [0.1, 0.15) is 10.6 Å². The second kappa shape index (κ2) is 9.04. The summed E-state index contributed by atoms with van der Waals surface area (Å²) in [7, 11) is 1.59. The number of aryl methyl sites for hydroxylation is 2. The zero-order valence-corrected chi connectivity index (χ0v) is 19.9. The minimum absolute atomic E-state index is 0.0293. The van der Waals surface area contributed by atoms with E-state index in [2.05, 4.69) is 5.32 Å². The van der Waals surface area contributed by atoms with Gasteiger partial charge in [0.25, 0.3) is 5.56 Å². The van der Waals surface area contributed by atoms with Gasteiger partial charge in [-0.25, -0.2) is 4.98 Å². The molecule has 1 fully saturated rings. The van der Waals surface area contributed by atoms with Gasteiger partial charge in [-0.3, -0.25) is 14.2 Å². The normalized spacial score (nSPS) is 15.4. The number of hydrogen-bond acceptors (Lipinski definition) is 6. The molecule has 1 unspecified atom stereocenters. The maximum atomic E-state index is 13.5. The van der Waals surface area contributed by atoms with E-state index in [1.165, 1.54) is 11.8 Å². The molecule has 0 spiro atoms. The Morgan fingerprint density at radius 2 is 2.06 bits per heavy atom.